The lowest BCUT2D eigenvalue weighted by molar-refractivity contribution is -0.234. The van der Waals surface area contributed by atoms with E-state index in [-0.39, 0.29) is 21.7 Å². The van der Waals surface area contributed by atoms with Gasteiger partial charge in [-0.15, -0.1) is 0 Å². The van der Waals surface area contributed by atoms with Crippen LogP contribution in [0.2, 0.25) is 0 Å². The first-order valence-electron chi connectivity index (χ1n) is 14.4. The number of carbonyl (C=O) groups is 1. The van der Waals surface area contributed by atoms with E-state index in [2.05, 4.69) is 54.7 Å². The number of carbonyl (C=O) groups excluding carboxylic acids is 1. The van der Waals surface area contributed by atoms with Gasteiger partial charge in [0, 0.05) is 17.3 Å². The number of Topliss-reactive ketones (excluding diaryl/α,β-unsaturated/α-hetero) is 1. The highest BCUT2D eigenvalue weighted by molar-refractivity contribution is 5.86. The summed E-state index contributed by atoms with van der Waals surface area (Å²) in [7, 11) is 0. The Bertz CT molecular complexity index is 918. The monoisotopic (exact) mass is 466 g/mol. The first-order chi connectivity index (χ1) is 15.8. The van der Waals surface area contributed by atoms with Crippen LogP contribution in [0.25, 0.3) is 0 Å². The van der Waals surface area contributed by atoms with E-state index in [1.54, 1.807) is 0 Å². The number of fused-ring (bicyclic) bond motifs is 7. The van der Waals surface area contributed by atoms with Crippen LogP contribution in [0.15, 0.2) is 24.5 Å². The molecule has 5 fully saturated rings. The number of hydrogen-bond donors (Lipinski definition) is 1. The smallest absolute Gasteiger partial charge is 0.139 e. The zero-order valence-corrected chi connectivity index (χ0v) is 22.9. The molecule has 0 heterocycles. The van der Waals surface area contributed by atoms with Gasteiger partial charge < -0.3 is 5.11 Å². The molecule has 10 atom stereocenters. The maximum Gasteiger partial charge on any atom is 0.139 e. The van der Waals surface area contributed by atoms with Gasteiger partial charge in [0.25, 0.3) is 0 Å². The van der Waals surface area contributed by atoms with Crippen LogP contribution in [0.5, 0.6) is 0 Å². The third-order valence-corrected chi connectivity index (χ3v) is 13.9. The van der Waals surface area contributed by atoms with Crippen LogP contribution in [-0.4, -0.2) is 10.9 Å². The number of aliphatic hydroxyl groups excluding tert-OH is 1. The van der Waals surface area contributed by atoms with Gasteiger partial charge in [-0.05, 0) is 117 Å². The van der Waals surface area contributed by atoms with E-state index >= 15 is 0 Å². The summed E-state index contributed by atoms with van der Waals surface area (Å²) in [6.45, 7) is 23.2. The van der Waals surface area contributed by atoms with Crippen LogP contribution < -0.4 is 0 Å². The highest BCUT2D eigenvalue weighted by atomic mass is 16.3. The minimum absolute atomic E-state index is 0.101. The summed E-state index contributed by atoms with van der Waals surface area (Å²) in [5.74, 6) is 3.82. The Hall–Kier alpha value is -1.05. The molecule has 5 rings (SSSR count). The fourth-order valence-electron chi connectivity index (χ4n) is 11.7. The summed E-state index contributed by atoms with van der Waals surface area (Å²) < 4.78 is 0. The van der Waals surface area contributed by atoms with Gasteiger partial charge in [-0.1, -0.05) is 53.3 Å². The van der Waals surface area contributed by atoms with Crippen molar-refractivity contribution in [2.75, 3.05) is 0 Å². The molecular formula is C32H50O2. The average molecular weight is 467 g/mol. The summed E-state index contributed by atoms with van der Waals surface area (Å²) in [5.41, 5.74) is 1.90. The predicted octanol–water partition coefficient (Wildman–Crippen LogP) is 8.67. The minimum Gasteiger partial charge on any atom is -0.512 e. The van der Waals surface area contributed by atoms with Crippen LogP contribution in [0.4, 0.5) is 0 Å². The Balaban J connectivity index is 1.57. The molecule has 2 heteroatoms. The second-order valence-corrected chi connectivity index (χ2v) is 14.5. The summed E-state index contributed by atoms with van der Waals surface area (Å²) in [4.78, 5) is 13.2. The third-order valence-electron chi connectivity index (χ3n) is 13.9. The Morgan fingerprint density at radius 1 is 0.912 bits per heavy atom. The highest BCUT2D eigenvalue weighted by Crippen LogP contribution is 2.78. The van der Waals surface area contributed by atoms with E-state index in [0.717, 1.165) is 38.5 Å². The van der Waals surface area contributed by atoms with Crippen molar-refractivity contribution in [3.05, 3.63) is 24.5 Å². The lowest BCUT2D eigenvalue weighted by Gasteiger charge is -2.72. The van der Waals surface area contributed by atoms with Gasteiger partial charge >= 0.3 is 0 Å². The van der Waals surface area contributed by atoms with Gasteiger partial charge in [0.1, 0.15) is 5.78 Å². The van der Waals surface area contributed by atoms with E-state index < -0.39 is 0 Å². The van der Waals surface area contributed by atoms with Crippen molar-refractivity contribution in [3.63, 3.8) is 0 Å². The number of ketones is 1. The van der Waals surface area contributed by atoms with Gasteiger partial charge in [0.05, 0.1) is 5.76 Å². The maximum atomic E-state index is 13.2. The van der Waals surface area contributed by atoms with Gasteiger partial charge in [0.15, 0.2) is 0 Å². The first-order valence-corrected chi connectivity index (χ1v) is 14.4. The molecule has 0 spiro atoms. The Morgan fingerprint density at radius 2 is 1.62 bits per heavy atom. The van der Waals surface area contributed by atoms with Crippen molar-refractivity contribution in [2.24, 2.45) is 56.7 Å². The van der Waals surface area contributed by atoms with E-state index in [1.165, 1.54) is 37.7 Å². The summed E-state index contributed by atoms with van der Waals surface area (Å²) in [6.07, 6.45) is 12.4. The molecule has 5 saturated carbocycles. The fraction of sp³-hybridized carbons (Fsp3) is 0.844. The van der Waals surface area contributed by atoms with Crippen LogP contribution in [0.3, 0.4) is 0 Å². The van der Waals surface area contributed by atoms with Crippen molar-refractivity contribution in [1.82, 2.24) is 0 Å². The molecule has 0 aromatic carbocycles. The lowest BCUT2D eigenvalue weighted by atomic mass is 9.32. The van der Waals surface area contributed by atoms with Gasteiger partial charge in [0.2, 0.25) is 0 Å². The quantitative estimate of drug-likeness (QED) is 0.334. The molecular weight excluding hydrogens is 416 g/mol. The molecule has 0 bridgehead atoms. The molecule has 3 unspecified atom stereocenters. The van der Waals surface area contributed by atoms with Crippen LogP contribution in [0.1, 0.15) is 112 Å². The largest absolute Gasteiger partial charge is 0.512 e. The SMILES string of the molecule is C=C(C)[C@@H]1CC[C@]2(C(=C)O)CC[C@]3(C)C(CCC4[C@@]5(C)CCC(=O)[C@@](C)(CC)[C@@H]5CC[C@]43C)C12. The molecule has 0 radical (unpaired) electrons. The highest BCUT2D eigenvalue weighted by Gasteiger charge is 2.71. The lowest BCUT2D eigenvalue weighted by Crippen LogP contribution is -2.66. The Labute approximate surface area is 209 Å². The molecule has 190 valence electrons. The van der Waals surface area contributed by atoms with Gasteiger partial charge in [-0.25, -0.2) is 0 Å². The molecule has 0 amide bonds. The number of rotatable bonds is 3. The molecule has 0 saturated heterocycles. The molecule has 0 aliphatic heterocycles. The second-order valence-electron chi connectivity index (χ2n) is 14.5. The Kier molecular flexibility index (Phi) is 5.42. The molecule has 34 heavy (non-hydrogen) atoms. The van der Waals surface area contributed by atoms with Crippen LogP contribution >= 0.6 is 0 Å². The molecule has 1 N–H and O–H groups in total. The summed E-state index contributed by atoms with van der Waals surface area (Å²) >= 11 is 0. The standard InChI is InChI=1S/C32H50O2/c1-9-28(5)24-13-16-31(8)25(29(24,6)15-14-26(28)34)11-10-23-27-22(20(2)3)12-17-32(27,21(4)33)19-18-30(23,31)7/h22-25,27,33H,2,4,9-19H2,1,3,5-8H3/t22-,23?,24-,25?,27?,28-,29-,30+,31+,32+/m0/s1. The number of hydrogen-bond acceptors (Lipinski definition) is 2. The summed E-state index contributed by atoms with van der Waals surface area (Å²) in [5, 5.41) is 11.0. The molecule has 0 aromatic heterocycles. The average Bonchev–Trinajstić information content (AvgIpc) is 3.18. The van der Waals surface area contributed by atoms with Crippen molar-refractivity contribution in [1.29, 1.82) is 0 Å². The fourth-order valence-corrected chi connectivity index (χ4v) is 11.7. The van der Waals surface area contributed by atoms with Gasteiger partial charge in [-0.2, -0.15) is 0 Å². The van der Waals surface area contributed by atoms with Crippen LogP contribution in [-0.2, 0) is 4.79 Å². The number of aliphatic hydroxyl groups is 1. The third kappa shape index (κ3) is 2.72. The predicted molar refractivity (Wildman–Crippen MR) is 140 cm³/mol. The van der Waals surface area contributed by atoms with E-state index in [1.807, 2.05) is 0 Å². The topological polar surface area (TPSA) is 37.3 Å². The second kappa shape index (κ2) is 7.48. The molecule has 5 aliphatic carbocycles. The van der Waals surface area contributed by atoms with E-state index in [4.69, 9.17) is 0 Å². The van der Waals surface area contributed by atoms with Crippen molar-refractivity contribution in [2.45, 2.75) is 112 Å². The van der Waals surface area contributed by atoms with E-state index in [9.17, 15) is 9.90 Å². The minimum atomic E-state index is -0.140. The molecule has 5 aliphatic rings. The summed E-state index contributed by atoms with van der Waals surface area (Å²) in [6, 6.07) is 0. The normalized spacial score (nSPS) is 54.4. The van der Waals surface area contributed by atoms with Crippen molar-refractivity contribution >= 4 is 5.78 Å². The van der Waals surface area contributed by atoms with E-state index in [0.29, 0.717) is 46.5 Å². The van der Waals surface area contributed by atoms with Crippen molar-refractivity contribution < 1.29 is 9.90 Å². The van der Waals surface area contributed by atoms with Crippen LogP contribution in [0, 0.1) is 56.7 Å². The molecule has 0 aromatic rings. The first kappa shape index (κ1) is 24.6. The molecule has 2 nitrogen and oxygen atoms in total. The van der Waals surface area contributed by atoms with Gasteiger partial charge in [-0.3, -0.25) is 4.79 Å². The maximum absolute atomic E-state index is 13.2. The van der Waals surface area contributed by atoms with Crippen molar-refractivity contribution in [3.8, 4) is 0 Å². The Morgan fingerprint density at radius 3 is 2.24 bits per heavy atom. The zero-order chi connectivity index (χ0) is 24.9. The number of allylic oxidation sites excluding steroid dienone is 2. The zero-order valence-electron chi connectivity index (χ0n) is 22.9.